The predicted molar refractivity (Wildman–Crippen MR) is 150 cm³/mol. The van der Waals surface area contributed by atoms with Crippen LogP contribution >= 0.6 is 11.6 Å². The highest BCUT2D eigenvalue weighted by Gasteiger charge is 2.41. The van der Waals surface area contributed by atoms with Crippen molar-refractivity contribution in [1.29, 1.82) is 0 Å². The van der Waals surface area contributed by atoms with Gasteiger partial charge in [-0.1, -0.05) is 43.6 Å². The Morgan fingerprint density at radius 3 is 2.38 bits per heavy atom. The maximum Gasteiger partial charge on any atom is 0.259 e. The number of para-hydroxylation sites is 1. The molecule has 5 rings (SSSR count). The summed E-state index contributed by atoms with van der Waals surface area (Å²) in [6, 6.07) is 15.7. The molecule has 3 aromatic rings. The lowest BCUT2D eigenvalue weighted by molar-refractivity contribution is -0.186. The van der Waals surface area contributed by atoms with Crippen molar-refractivity contribution in [3.63, 3.8) is 0 Å². The van der Waals surface area contributed by atoms with Crippen molar-refractivity contribution >= 4 is 34.9 Å². The van der Waals surface area contributed by atoms with Crippen molar-refractivity contribution in [1.82, 2.24) is 4.98 Å². The van der Waals surface area contributed by atoms with Crippen LogP contribution < -0.4 is 15.4 Å². The van der Waals surface area contributed by atoms with Crippen LogP contribution in [0, 0.1) is 0 Å². The van der Waals surface area contributed by atoms with Crippen LogP contribution in [0.4, 0.5) is 11.5 Å². The summed E-state index contributed by atoms with van der Waals surface area (Å²) in [5.74, 6) is -0.0931. The number of ether oxygens (including phenoxy) is 3. The molecule has 0 bridgehead atoms. The van der Waals surface area contributed by atoms with Gasteiger partial charge in [-0.05, 0) is 60.7 Å². The van der Waals surface area contributed by atoms with E-state index in [1.54, 1.807) is 42.5 Å². The van der Waals surface area contributed by atoms with Crippen molar-refractivity contribution in [2.45, 2.75) is 57.3 Å². The number of nitrogens with one attached hydrogen (secondary N) is 2. The van der Waals surface area contributed by atoms with E-state index in [2.05, 4.69) is 29.5 Å². The van der Waals surface area contributed by atoms with Crippen LogP contribution in [0.5, 0.6) is 5.75 Å². The molecule has 204 valence electrons. The molecule has 0 unspecified atom stereocenters. The highest BCUT2D eigenvalue weighted by Crippen LogP contribution is 2.38. The van der Waals surface area contributed by atoms with Gasteiger partial charge in [-0.2, -0.15) is 0 Å². The quantitative estimate of drug-likeness (QED) is 0.352. The van der Waals surface area contributed by atoms with Crippen LogP contribution in [0.25, 0.3) is 0 Å². The first-order chi connectivity index (χ1) is 18.8. The summed E-state index contributed by atoms with van der Waals surface area (Å²) in [5.41, 5.74) is 2.16. The van der Waals surface area contributed by atoms with Gasteiger partial charge in [-0.25, -0.2) is 4.98 Å². The first-order valence-corrected chi connectivity index (χ1v) is 13.6. The number of aromatic nitrogens is 1. The van der Waals surface area contributed by atoms with E-state index >= 15 is 0 Å². The van der Waals surface area contributed by atoms with E-state index in [9.17, 15) is 9.59 Å². The van der Waals surface area contributed by atoms with Crippen molar-refractivity contribution in [3.05, 3.63) is 82.5 Å². The number of rotatable bonds is 7. The number of benzene rings is 2. The van der Waals surface area contributed by atoms with Gasteiger partial charge in [0, 0.05) is 19.0 Å². The van der Waals surface area contributed by atoms with E-state index in [-0.39, 0.29) is 17.9 Å². The molecule has 39 heavy (non-hydrogen) atoms. The molecule has 0 atom stereocenters. The van der Waals surface area contributed by atoms with Gasteiger partial charge in [0.25, 0.3) is 11.8 Å². The monoisotopic (exact) mass is 549 g/mol. The van der Waals surface area contributed by atoms with E-state index in [0.717, 1.165) is 31.2 Å². The minimum Gasteiger partial charge on any atom is -0.490 e. The Bertz CT molecular complexity index is 1330. The lowest BCUT2D eigenvalue weighted by Gasteiger charge is -2.35. The van der Waals surface area contributed by atoms with E-state index in [1.807, 2.05) is 12.1 Å². The SMILES string of the molecule is CC(C)c1ccc(C(=O)Nc2ccccc2C(=O)Nc2ccc(Cl)cn2)c(OC2CCC3(CC2)OCCO3)c1. The highest BCUT2D eigenvalue weighted by molar-refractivity contribution is 6.30. The van der Waals surface area contributed by atoms with Crippen molar-refractivity contribution in [3.8, 4) is 5.75 Å². The Balaban J connectivity index is 1.33. The van der Waals surface area contributed by atoms with Crippen molar-refractivity contribution in [2.24, 2.45) is 0 Å². The molecule has 1 saturated heterocycles. The van der Waals surface area contributed by atoms with Gasteiger partial charge in [0.05, 0.1) is 41.2 Å². The summed E-state index contributed by atoms with van der Waals surface area (Å²) in [7, 11) is 0. The van der Waals surface area contributed by atoms with E-state index in [4.69, 9.17) is 25.8 Å². The van der Waals surface area contributed by atoms with Gasteiger partial charge in [0.15, 0.2) is 5.79 Å². The zero-order valence-electron chi connectivity index (χ0n) is 22.0. The average Bonchev–Trinajstić information content (AvgIpc) is 3.39. The minimum absolute atomic E-state index is 0.0534. The maximum atomic E-state index is 13.5. The standard InChI is InChI=1S/C30H32ClN3O5/c1-19(2)20-7-9-24(26(17-20)39-22-11-13-30(14-12-22)37-15-16-38-30)29(36)33-25-6-4-3-5-23(25)28(35)34-27-10-8-21(31)18-32-27/h3-10,17-19,22H,11-16H2,1-2H3,(H,33,36)(H,32,34,35). The molecule has 1 saturated carbocycles. The van der Waals surface area contributed by atoms with Crippen molar-refractivity contribution < 1.29 is 23.8 Å². The second kappa shape index (κ2) is 11.7. The summed E-state index contributed by atoms with van der Waals surface area (Å²) < 4.78 is 18.1. The number of pyridine rings is 1. The van der Waals surface area contributed by atoms with E-state index < -0.39 is 11.7 Å². The molecular weight excluding hydrogens is 518 g/mol. The molecule has 2 amide bonds. The molecule has 1 aliphatic heterocycles. The molecule has 2 N–H and O–H groups in total. The fourth-order valence-corrected chi connectivity index (χ4v) is 5.02. The zero-order chi connectivity index (χ0) is 27.4. The van der Waals surface area contributed by atoms with Crippen LogP contribution in [0.2, 0.25) is 5.02 Å². The number of amides is 2. The van der Waals surface area contributed by atoms with Gasteiger partial charge >= 0.3 is 0 Å². The van der Waals surface area contributed by atoms with Gasteiger partial charge in [0.1, 0.15) is 11.6 Å². The Morgan fingerprint density at radius 2 is 1.69 bits per heavy atom. The molecule has 9 heteroatoms. The van der Waals surface area contributed by atoms with Crippen LogP contribution in [0.1, 0.15) is 71.7 Å². The van der Waals surface area contributed by atoms with Gasteiger partial charge in [0.2, 0.25) is 0 Å². The second-order valence-corrected chi connectivity index (χ2v) is 10.6. The summed E-state index contributed by atoms with van der Waals surface area (Å²) in [6.45, 7) is 5.45. The summed E-state index contributed by atoms with van der Waals surface area (Å²) in [6.07, 6.45) is 4.46. The molecule has 2 heterocycles. The number of carbonyl (C=O) groups is 2. The highest BCUT2D eigenvalue weighted by atomic mass is 35.5. The molecule has 1 aromatic heterocycles. The molecular formula is C30H32ClN3O5. The number of hydrogen-bond donors (Lipinski definition) is 2. The predicted octanol–water partition coefficient (Wildman–Crippen LogP) is 6.43. The smallest absolute Gasteiger partial charge is 0.259 e. The Labute approximate surface area is 233 Å². The first-order valence-electron chi connectivity index (χ1n) is 13.2. The Hall–Kier alpha value is -3.46. The van der Waals surface area contributed by atoms with Crippen LogP contribution in [-0.2, 0) is 9.47 Å². The Morgan fingerprint density at radius 1 is 0.974 bits per heavy atom. The molecule has 2 fully saturated rings. The van der Waals surface area contributed by atoms with Crippen LogP contribution in [-0.4, -0.2) is 41.9 Å². The number of anilines is 2. The third-order valence-electron chi connectivity index (χ3n) is 7.11. The Kier molecular flexibility index (Phi) is 8.16. The number of halogens is 1. The third-order valence-corrected chi connectivity index (χ3v) is 7.33. The molecule has 1 aliphatic carbocycles. The largest absolute Gasteiger partial charge is 0.490 e. The molecule has 2 aromatic carbocycles. The third kappa shape index (κ3) is 6.41. The van der Waals surface area contributed by atoms with E-state index in [0.29, 0.717) is 46.6 Å². The average molecular weight is 550 g/mol. The van der Waals surface area contributed by atoms with Crippen LogP contribution in [0.15, 0.2) is 60.8 Å². The maximum absolute atomic E-state index is 13.5. The van der Waals surface area contributed by atoms with E-state index in [1.165, 1.54) is 6.20 Å². The lowest BCUT2D eigenvalue weighted by atomic mass is 9.91. The number of hydrogen-bond acceptors (Lipinski definition) is 6. The fraction of sp³-hybridized carbons (Fsp3) is 0.367. The topological polar surface area (TPSA) is 98.8 Å². The van der Waals surface area contributed by atoms with Crippen LogP contribution in [0.3, 0.4) is 0 Å². The first kappa shape index (κ1) is 27.1. The molecule has 8 nitrogen and oxygen atoms in total. The minimum atomic E-state index is -0.480. The summed E-state index contributed by atoms with van der Waals surface area (Å²) in [4.78, 5) is 30.7. The summed E-state index contributed by atoms with van der Waals surface area (Å²) >= 11 is 5.89. The molecule has 1 spiro atoms. The summed E-state index contributed by atoms with van der Waals surface area (Å²) in [5, 5.41) is 6.11. The van der Waals surface area contributed by atoms with Crippen molar-refractivity contribution in [2.75, 3.05) is 23.8 Å². The molecule has 0 radical (unpaired) electrons. The fourth-order valence-electron chi connectivity index (χ4n) is 4.91. The van der Waals surface area contributed by atoms with Gasteiger partial charge < -0.3 is 24.8 Å². The number of nitrogens with zero attached hydrogens (tertiary/aromatic N) is 1. The zero-order valence-corrected chi connectivity index (χ0v) is 22.8. The number of carbonyl (C=O) groups excluding carboxylic acids is 2. The van der Waals surface area contributed by atoms with Gasteiger partial charge in [-0.3, -0.25) is 9.59 Å². The lowest BCUT2D eigenvalue weighted by Crippen LogP contribution is -2.38. The van der Waals surface area contributed by atoms with Gasteiger partial charge in [-0.15, -0.1) is 0 Å². The molecule has 2 aliphatic rings. The second-order valence-electron chi connectivity index (χ2n) is 10.2. The normalized spacial score (nSPS) is 16.8.